The molecule has 0 amide bonds. The third-order valence-corrected chi connectivity index (χ3v) is 2.73. The first-order valence-electron chi connectivity index (χ1n) is 4.15. The molecule has 0 unspecified atom stereocenters. The number of piperazine rings is 1. The Morgan fingerprint density at radius 2 is 1.92 bits per heavy atom. The van der Waals surface area contributed by atoms with Crippen molar-refractivity contribution in [1.82, 2.24) is 9.80 Å². The fraction of sp³-hybridized carbons (Fsp3) is 0.875. The number of amidine groups is 1. The highest BCUT2D eigenvalue weighted by molar-refractivity contribution is 5.90. The number of hydrogen-bond donors (Lipinski definition) is 1. The number of nitrogens with zero attached hydrogens (tertiary/aromatic N) is 3. The van der Waals surface area contributed by atoms with E-state index in [0.717, 1.165) is 18.9 Å². The van der Waals surface area contributed by atoms with E-state index in [1.165, 1.54) is 0 Å². The first-order chi connectivity index (χ1) is 5.50. The van der Waals surface area contributed by atoms with Crippen molar-refractivity contribution in [2.24, 2.45) is 5.16 Å². The molecule has 0 saturated carbocycles. The molecule has 1 heterocycles. The molecular weight excluding hydrogens is 154 g/mol. The largest absolute Gasteiger partial charge is 0.409 e. The number of rotatable bonds is 0. The van der Waals surface area contributed by atoms with E-state index < -0.39 is 0 Å². The van der Waals surface area contributed by atoms with E-state index in [1.54, 1.807) is 0 Å². The Kier molecular flexibility index (Phi) is 2.28. The van der Waals surface area contributed by atoms with Gasteiger partial charge in [-0.25, -0.2) is 0 Å². The molecule has 1 fully saturated rings. The Balaban J connectivity index is 2.92. The molecule has 12 heavy (non-hydrogen) atoms. The summed E-state index contributed by atoms with van der Waals surface area (Å²) in [5, 5.41) is 12.2. The minimum atomic E-state index is -0.165. The van der Waals surface area contributed by atoms with Crippen LogP contribution < -0.4 is 0 Å². The summed E-state index contributed by atoms with van der Waals surface area (Å²) < 4.78 is 0. The summed E-state index contributed by atoms with van der Waals surface area (Å²) >= 11 is 0. The van der Waals surface area contributed by atoms with Gasteiger partial charge in [-0.1, -0.05) is 5.16 Å². The summed E-state index contributed by atoms with van der Waals surface area (Å²) in [6.07, 6.45) is 0. The van der Waals surface area contributed by atoms with Gasteiger partial charge in [0.2, 0.25) is 0 Å². The first-order valence-corrected chi connectivity index (χ1v) is 4.15. The van der Waals surface area contributed by atoms with Crippen molar-refractivity contribution in [2.45, 2.75) is 19.4 Å². The van der Waals surface area contributed by atoms with E-state index in [2.05, 4.69) is 23.9 Å². The second-order valence-corrected chi connectivity index (χ2v) is 3.83. The Morgan fingerprint density at radius 1 is 1.33 bits per heavy atom. The van der Waals surface area contributed by atoms with Gasteiger partial charge in [-0.05, 0) is 20.9 Å². The van der Waals surface area contributed by atoms with Gasteiger partial charge in [-0.15, -0.1) is 0 Å². The maximum atomic E-state index is 8.83. The van der Waals surface area contributed by atoms with E-state index >= 15 is 0 Å². The highest BCUT2D eigenvalue weighted by Crippen LogP contribution is 2.20. The van der Waals surface area contributed by atoms with Crippen LogP contribution in [0.15, 0.2) is 5.16 Å². The number of hydrogen-bond acceptors (Lipinski definition) is 3. The molecule has 1 rings (SSSR count). The van der Waals surface area contributed by atoms with Crippen molar-refractivity contribution in [3.8, 4) is 0 Å². The zero-order valence-electron chi connectivity index (χ0n) is 8.20. The van der Waals surface area contributed by atoms with E-state index in [1.807, 2.05) is 19.0 Å². The zero-order valence-corrected chi connectivity index (χ0v) is 8.20. The molecule has 1 saturated heterocycles. The van der Waals surface area contributed by atoms with Crippen LogP contribution in [0.4, 0.5) is 0 Å². The summed E-state index contributed by atoms with van der Waals surface area (Å²) in [5.41, 5.74) is -0.165. The molecule has 0 aromatic heterocycles. The van der Waals surface area contributed by atoms with Crippen molar-refractivity contribution >= 4 is 5.84 Å². The summed E-state index contributed by atoms with van der Waals surface area (Å²) in [5.74, 6) is 0.733. The average molecular weight is 171 g/mol. The third-order valence-electron chi connectivity index (χ3n) is 2.73. The van der Waals surface area contributed by atoms with Crippen LogP contribution in [0.2, 0.25) is 0 Å². The quantitative estimate of drug-likeness (QED) is 0.424. The third kappa shape index (κ3) is 1.27. The lowest BCUT2D eigenvalue weighted by molar-refractivity contribution is 0.150. The van der Waals surface area contributed by atoms with Crippen LogP contribution in [-0.2, 0) is 0 Å². The topological polar surface area (TPSA) is 39.1 Å². The molecular formula is C8H17N3O. The molecule has 0 bridgehead atoms. The van der Waals surface area contributed by atoms with Crippen molar-refractivity contribution in [2.75, 3.05) is 27.2 Å². The van der Waals surface area contributed by atoms with Crippen LogP contribution >= 0.6 is 0 Å². The first kappa shape index (κ1) is 9.32. The molecule has 1 N–H and O–H groups in total. The van der Waals surface area contributed by atoms with Crippen LogP contribution in [0.3, 0.4) is 0 Å². The van der Waals surface area contributed by atoms with E-state index in [0.29, 0.717) is 0 Å². The van der Waals surface area contributed by atoms with E-state index in [-0.39, 0.29) is 5.54 Å². The average Bonchev–Trinajstić information content (AvgIpc) is 1.98. The Bertz CT molecular complexity index is 200. The monoisotopic (exact) mass is 171 g/mol. The van der Waals surface area contributed by atoms with Gasteiger partial charge in [0.1, 0.15) is 0 Å². The molecule has 70 valence electrons. The highest BCUT2D eigenvalue weighted by Gasteiger charge is 2.36. The predicted molar refractivity (Wildman–Crippen MR) is 48.6 cm³/mol. The van der Waals surface area contributed by atoms with Crippen LogP contribution in [0.25, 0.3) is 0 Å². The van der Waals surface area contributed by atoms with Gasteiger partial charge in [0, 0.05) is 20.1 Å². The van der Waals surface area contributed by atoms with Crippen LogP contribution in [0, 0.1) is 0 Å². The fourth-order valence-electron chi connectivity index (χ4n) is 1.52. The summed E-state index contributed by atoms with van der Waals surface area (Å²) in [6.45, 7) is 6.03. The van der Waals surface area contributed by atoms with Gasteiger partial charge in [0.05, 0.1) is 5.54 Å². The van der Waals surface area contributed by atoms with Gasteiger partial charge >= 0.3 is 0 Å². The van der Waals surface area contributed by atoms with Crippen LogP contribution in [-0.4, -0.2) is 53.6 Å². The fourth-order valence-corrected chi connectivity index (χ4v) is 1.52. The Hall–Kier alpha value is -0.770. The van der Waals surface area contributed by atoms with Crippen molar-refractivity contribution in [3.63, 3.8) is 0 Å². The molecule has 1 aliphatic rings. The molecule has 1 aliphatic heterocycles. The van der Waals surface area contributed by atoms with Crippen molar-refractivity contribution in [3.05, 3.63) is 0 Å². The smallest absolute Gasteiger partial charge is 0.164 e. The molecule has 0 radical (unpaired) electrons. The van der Waals surface area contributed by atoms with E-state index in [9.17, 15) is 0 Å². The van der Waals surface area contributed by atoms with Gasteiger partial charge in [-0.2, -0.15) is 0 Å². The summed E-state index contributed by atoms with van der Waals surface area (Å²) in [4.78, 5) is 4.17. The van der Waals surface area contributed by atoms with E-state index in [4.69, 9.17) is 5.21 Å². The molecule has 0 aromatic carbocycles. The Labute approximate surface area is 73.5 Å². The maximum Gasteiger partial charge on any atom is 0.164 e. The molecule has 0 spiro atoms. The molecule has 0 aromatic rings. The van der Waals surface area contributed by atoms with Gasteiger partial charge < -0.3 is 10.1 Å². The number of likely N-dealkylation sites (N-methyl/N-ethyl adjacent to an activating group) is 2. The predicted octanol–water partition coefficient (Wildman–Crippen LogP) is 0.430. The van der Waals surface area contributed by atoms with Crippen LogP contribution in [0.1, 0.15) is 13.8 Å². The normalized spacial score (nSPS) is 28.0. The SMILES string of the molecule is CN1CCN(C)C(C)(C)/C1=N/O. The van der Waals surface area contributed by atoms with Gasteiger partial charge in [-0.3, -0.25) is 4.90 Å². The van der Waals surface area contributed by atoms with Crippen LogP contribution in [0.5, 0.6) is 0 Å². The highest BCUT2D eigenvalue weighted by atomic mass is 16.4. The molecule has 4 nitrogen and oxygen atoms in total. The van der Waals surface area contributed by atoms with Gasteiger partial charge in [0.15, 0.2) is 5.84 Å². The Morgan fingerprint density at radius 3 is 2.33 bits per heavy atom. The summed E-state index contributed by atoms with van der Waals surface area (Å²) in [6, 6.07) is 0. The second-order valence-electron chi connectivity index (χ2n) is 3.83. The minimum absolute atomic E-state index is 0.165. The molecule has 0 atom stereocenters. The lowest BCUT2D eigenvalue weighted by atomic mass is 9.98. The lowest BCUT2D eigenvalue weighted by Gasteiger charge is -2.44. The van der Waals surface area contributed by atoms with Crippen molar-refractivity contribution < 1.29 is 5.21 Å². The molecule has 4 heteroatoms. The summed E-state index contributed by atoms with van der Waals surface area (Å²) in [7, 11) is 3.99. The van der Waals surface area contributed by atoms with Gasteiger partial charge in [0.25, 0.3) is 0 Å². The zero-order chi connectivity index (χ0) is 9.35. The standard InChI is InChI=1S/C8H17N3O/c1-8(2)7(9-12)10(3)5-6-11(8)4/h12H,5-6H2,1-4H3/b9-7-. The second kappa shape index (κ2) is 2.94. The lowest BCUT2D eigenvalue weighted by Crippen LogP contribution is -2.60. The number of oxime groups is 1. The van der Waals surface area contributed by atoms with Crippen molar-refractivity contribution in [1.29, 1.82) is 0 Å². The molecule has 0 aliphatic carbocycles. The minimum Gasteiger partial charge on any atom is -0.409 e. The maximum absolute atomic E-state index is 8.83.